The van der Waals surface area contributed by atoms with Gasteiger partial charge in [0.2, 0.25) is 0 Å². The van der Waals surface area contributed by atoms with E-state index in [-0.39, 0.29) is 0 Å². The maximum Gasteiger partial charge on any atom is 0.162 e. The summed E-state index contributed by atoms with van der Waals surface area (Å²) in [6.07, 6.45) is 6.29. The smallest absolute Gasteiger partial charge is 0.162 e. The largest absolute Gasteiger partial charge is 0.392 e. The highest BCUT2D eigenvalue weighted by atomic mass is 32.1. The molecule has 3 heterocycles. The summed E-state index contributed by atoms with van der Waals surface area (Å²) in [5.74, 6) is 2.34. The molecule has 1 saturated carbocycles. The number of fused-ring (bicyclic) bond motifs is 1. The molecule has 1 aliphatic rings. The molecule has 26 heavy (non-hydrogen) atoms. The van der Waals surface area contributed by atoms with Crippen LogP contribution in [0.15, 0.2) is 29.8 Å². The monoisotopic (exact) mass is 369 g/mol. The lowest BCUT2D eigenvalue weighted by Crippen LogP contribution is -2.16. The molecule has 0 saturated heterocycles. The lowest BCUT2D eigenvalue weighted by Gasteiger charge is -2.14. The van der Waals surface area contributed by atoms with Gasteiger partial charge >= 0.3 is 0 Å². The minimum atomic E-state index is -0.430. The van der Waals surface area contributed by atoms with Crippen LogP contribution in [0.5, 0.6) is 0 Å². The van der Waals surface area contributed by atoms with Gasteiger partial charge in [-0.2, -0.15) is 0 Å². The van der Waals surface area contributed by atoms with Crippen LogP contribution in [-0.4, -0.2) is 38.7 Å². The van der Waals surface area contributed by atoms with Crippen LogP contribution in [0.25, 0.3) is 21.6 Å². The van der Waals surface area contributed by atoms with Gasteiger partial charge in [-0.05, 0) is 43.3 Å². The molecule has 3 aromatic rings. The first-order chi connectivity index (χ1) is 12.7. The lowest BCUT2D eigenvalue weighted by molar-refractivity contribution is 0.208. The average molecular weight is 369 g/mol. The van der Waals surface area contributed by atoms with Crippen molar-refractivity contribution in [3.05, 3.63) is 29.8 Å². The molecule has 0 amide bonds. The van der Waals surface area contributed by atoms with E-state index >= 15 is 0 Å². The Labute approximate surface area is 156 Å². The normalized spacial score (nSPS) is 16.1. The molecule has 0 radical (unpaired) electrons. The van der Waals surface area contributed by atoms with E-state index in [1.165, 1.54) is 25.7 Å². The van der Waals surface area contributed by atoms with Gasteiger partial charge in [-0.3, -0.25) is 0 Å². The number of aliphatic hydroxyl groups is 1. The third-order valence-corrected chi connectivity index (χ3v) is 5.51. The molecule has 0 aromatic carbocycles. The standard InChI is InChI=1S/C19H23N5OS/c1-12(25)11-21-16-10-13(6-8-20-16)18-23-15-7-9-26-17(15)19(24-18)22-14-4-2-3-5-14/h6-10,12,14,25H,2-5,11H2,1H3,(H,20,21)(H,22,23,24)/t12-/m0/s1. The van der Waals surface area contributed by atoms with Crippen LogP contribution in [-0.2, 0) is 0 Å². The minimum absolute atomic E-state index is 0.430. The van der Waals surface area contributed by atoms with E-state index in [9.17, 15) is 5.11 Å². The number of thiophene rings is 1. The van der Waals surface area contributed by atoms with Gasteiger partial charge in [-0.1, -0.05) is 12.8 Å². The molecule has 136 valence electrons. The van der Waals surface area contributed by atoms with Crippen molar-refractivity contribution in [2.24, 2.45) is 0 Å². The number of anilines is 2. The van der Waals surface area contributed by atoms with Gasteiger partial charge < -0.3 is 15.7 Å². The molecular weight excluding hydrogens is 346 g/mol. The first-order valence-electron chi connectivity index (χ1n) is 9.09. The Kier molecular flexibility index (Phi) is 4.99. The first-order valence-corrected chi connectivity index (χ1v) is 9.97. The summed E-state index contributed by atoms with van der Waals surface area (Å²) >= 11 is 1.68. The van der Waals surface area contributed by atoms with Crippen molar-refractivity contribution in [3.8, 4) is 11.4 Å². The quantitative estimate of drug-likeness (QED) is 0.611. The van der Waals surface area contributed by atoms with Gasteiger partial charge in [0.05, 0.1) is 16.3 Å². The summed E-state index contributed by atoms with van der Waals surface area (Å²) in [6.45, 7) is 2.20. The molecule has 6 nitrogen and oxygen atoms in total. The zero-order chi connectivity index (χ0) is 17.9. The van der Waals surface area contributed by atoms with Crippen molar-refractivity contribution in [3.63, 3.8) is 0 Å². The fourth-order valence-corrected chi connectivity index (χ4v) is 4.06. The van der Waals surface area contributed by atoms with Crippen LogP contribution < -0.4 is 10.6 Å². The van der Waals surface area contributed by atoms with Crippen molar-refractivity contribution in [1.82, 2.24) is 15.0 Å². The Morgan fingerprint density at radius 3 is 2.92 bits per heavy atom. The molecule has 0 spiro atoms. The van der Waals surface area contributed by atoms with Crippen LogP contribution in [0.2, 0.25) is 0 Å². The van der Waals surface area contributed by atoms with Crippen LogP contribution in [0, 0.1) is 0 Å². The second kappa shape index (κ2) is 7.55. The summed E-state index contributed by atoms with van der Waals surface area (Å²) in [5, 5.41) is 18.3. The van der Waals surface area contributed by atoms with Gasteiger partial charge in [-0.15, -0.1) is 11.3 Å². The number of nitrogens with zero attached hydrogens (tertiary/aromatic N) is 3. The summed E-state index contributed by atoms with van der Waals surface area (Å²) < 4.78 is 1.11. The SMILES string of the molecule is C[C@H](O)CNc1cc(-c2nc(NC3CCCC3)c3sccc3n2)ccn1. The average Bonchev–Trinajstić information content (AvgIpc) is 3.31. The summed E-state index contributed by atoms with van der Waals surface area (Å²) in [7, 11) is 0. The second-order valence-electron chi connectivity index (χ2n) is 6.82. The predicted octanol–water partition coefficient (Wildman–Crippen LogP) is 3.90. The molecule has 1 fully saturated rings. The number of nitrogens with one attached hydrogen (secondary N) is 2. The molecule has 0 unspecified atom stereocenters. The molecule has 1 aliphatic carbocycles. The first kappa shape index (κ1) is 17.2. The van der Waals surface area contributed by atoms with Crippen molar-refractivity contribution in [2.75, 3.05) is 17.2 Å². The van der Waals surface area contributed by atoms with Crippen molar-refractivity contribution >= 4 is 33.2 Å². The molecular formula is C19H23N5OS. The van der Waals surface area contributed by atoms with Crippen LogP contribution in [0.3, 0.4) is 0 Å². The fraction of sp³-hybridized carbons (Fsp3) is 0.421. The van der Waals surface area contributed by atoms with Crippen molar-refractivity contribution < 1.29 is 5.11 Å². The molecule has 3 N–H and O–H groups in total. The highest BCUT2D eigenvalue weighted by Gasteiger charge is 2.18. The molecule has 4 rings (SSSR count). The summed E-state index contributed by atoms with van der Waals surface area (Å²) in [5.41, 5.74) is 1.88. The summed E-state index contributed by atoms with van der Waals surface area (Å²) in [4.78, 5) is 13.9. The third-order valence-electron chi connectivity index (χ3n) is 4.60. The maximum absolute atomic E-state index is 9.44. The van der Waals surface area contributed by atoms with Crippen LogP contribution in [0.4, 0.5) is 11.6 Å². The lowest BCUT2D eigenvalue weighted by atomic mass is 10.2. The van der Waals surface area contributed by atoms with E-state index in [0.717, 1.165) is 21.6 Å². The van der Waals surface area contributed by atoms with Crippen LogP contribution >= 0.6 is 11.3 Å². The zero-order valence-electron chi connectivity index (χ0n) is 14.8. The molecule has 0 aliphatic heterocycles. The second-order valence-corrected chi connectivity index (χ2v) is 7.73. The number of aromatic nitrogens is 3. The van der Waals surface area contributed by atoms with E-state index in [4.69, 9.17) is 9.97 Å². The molecule has 1 atom stereocenters. The van der Waals surface area contributed by atoms with E-state index in [1.54, 1.807) is 24.5 Å². The highest BCUT2D eigenvalue weighted by Crippen LogP contribution is 2.31. The highest BCUT2D eigenvalue weighted by molar-refractivity contribution is 7.17. The number of hydrogen-bond acceptors (Lipinski definition) is 7. The number of aliphatic hydroxyl groups excluding tert-OH is 1. The zero-order valence-corrected chi connectivity index (χ0v) is 15.6. The van der Waals surface area contributed by atoms with Crippen molar-refractivity contribution in [1.29, 1.82) is 0 Å². The van der Waals surface area contributed by atoms with Crippen LogP contribution in [0.1, 0.15) is 32.6 Å². The third kappa shape index (κ3) is 3.78. The molecule has 0 bridgehead atoms. The van der Waals surface area contributed by atoms with E-state index < -0.39 is 6.10 Å². The van der Waals surface area contributed by atoms with E-state index in [1.807, 2.05) is 18.2 Å². The Hall–Kier alpha value is -2.25. The topological polar surface area (TPSA) is 83.0 Å². The predicted molar refractivity (Wildman–Crippen MR) is 107 cm³/mol. The Morgan fingerprint density at radius 1 is 1.27 bits per heavy atom. The Bertz CT molecular complexity index is 889. The summed E-state index contributed by atoms with van der Waals surface area (Å²) in [6, 6.07) is 6.39. The molecule has 7 heteroatoms. The van der Waals surface area contributed by atoms with Crippen molar-refractivity contribution in [2.45, 2.75) is 44.8 Å². The number of hydrogen-bond donors (Lipinski definition) is 3. The van der Waals surface area contributed by atoms with Gasteiger partial charge in [0.15, 0.2) is 5.82 Å². The van der Waals surface area contributed by atoms with Gasteiger partial charge in [-0.25, -0.2) is 15.0 Å². The minimum Gasteiger partial charge on any atom is -0.392 e. The van der Waals surface area contributed by atoms with Gasteiger partial charge in [0.1, 0.15) is 11.6 Å². The van der Waals surface area contributed by atoms with E-state index in [0.29, 0.717) is 24.2 Å². The Balaban J connectivity index is 1.66. The fourth-order valence-electron chi connectivity index (χ4n) is 3.27. The van der Waals surface area contributed by atoms with Gasteiger partial charge in [0, 0.05) is 24.3 Å². The molecule has 3 aromatic heterocycles. The van der Waals surface area contributed by atoms with E-state index in [2.05, 4.69) is 21.0 Å². The maximum atomic E-state index is 9.44. The number of pyridine rings is 1. The van der Waals surface area contributed by atoms with Gasteiger partial charge in [0.25, 0.3) is 0 Å². The Morgan fingerprint density at radius 2 is 2.12 bits per heavy atom. The number of rotatable bonds is 6.